The number of aryl methyl sites for hydroxylation is 2. The standard InChI is InChI=1S/C29H40N6O3S/c1-4-8-21(26(31)20-11-5-12-23-25(20)22(16-30)28(32)39-23)27(36)29-33-18(9-7-14-37-3)15-24(34-29)38-17-19-10-6-13-35(19)2/h15,19-20H,4-14,17,31-32H2,1-3H3/b26-21-/t19-,20-/m0/s1. The molecule has 2 atom stereocenters. The third-order valence-corrected chi connectivity index (χ3v) is 8.83. The number of hydrogen-bond donors (Lipinski definition) is 2. The summed E-state index contributed by atoms with van der Waals surface area (Å²) in [6, 6.07) is 4.42. The van der Waals surface area contributed by atoms with E-state index in [1.54, 1.807) is 7.11 Å². The van der Waals surface area contributed by atoms with Crippen molar-refractivity contribution in [3.8, 4) is 11.9 Å². The van der Waals surface area contributed by atoms with Gasteiger partial charge in [-0.1, -0.05) is 13.3 Å². The number of Topliss-reactive ketones (excluding diaryl/α,β-unsaturated/α-hetero) is 1. The van der Waals surface area contributed by atoms with Gasteiger partial charge in [0.15, 0.2) is 0 Å². The predicted octanol–water partition coefficient (Wildman–Crippen LogP) is 4.36. The molecule has 0 unspecified atom stereocenters. The van der Waals surface area contributed by atoms with E-state index in [4.69, 9.17) is 20.9 Å². The van der Waals surface area contributed by atoms with Gasteiger partial charge in [0.05, 0.1) is 5.56 Å². The van der Waals surface area contributed by atoms with Crippen molar-refractivity contribution in [1.29, 1.82) is 5.26 Å². The molecule has 3 heterocycles. The minimum Gasteiger partial charge on any atom is -0.476 e. The molecule has 39 heavy (non-hydrogen) atoms. The molecule has 9 nitrogen and oxygen atoms in total. The number of ketones is 1. The van der Waals surface area contributed by atoms with Crippen LogP contribution in [0.4, 0.5) is 5.00 Å². The number of rotatable bonds is 12. The van der Waals surface area contributed by atoms with Gasteiger partial charge in [-0.2, -0.15) is 10.2 Å². The second-order valence-corrected chi connectivity index (χ2v) is 11.6. The first-order valence-corrected chi connectivity index (χ1v) is 14.7. The highest BCUT2D eigenvalue weighted by atomic mass is 32.1. The number of likely N-dealkylation sites (N-methyl/N-ethyl adjacent to an activating group) is 1. The van der Waals surface area contributed by atoms with Crippen molar-refractivity contribution >= 4 is 22.1 Å². The number of nitrogens with zero attached hydrogens (tertiary/aromatic N) is 4. The SMILES string of the molecule is CCC/C(C(=O)c1nc(CCCOC)cc(OC[C@@H]2CCCN2C)n1)=C(/N)[C@H]1CCCc2sc(N)c(C#N)c21. The van der Waals surface area contributed by atoms with Crippen LogP contribution in [0, 0.1) is 11.3 Å². The normalized spacial score (nSPS) is 19.8. The van der Waals surface area contributed by atoms with Gasteiger partial charge < -0.3 is 25.8 Å². The van der Waals surface area contributed by atoms with E-state index in [2.05, 4.69) is 28.0 Å². The van der Waals surface area contributed by atoms with Crippen molar-refractivity contribution in [1.82, 2.24) is 14.9 Å². The topological polar surface area (TPSA) is 140 Å². The van der Waals surface area contributed by atoms with Crippen molar-refractivity contribution in [2.45, 2.75) is 76.7 Å². The molecule has 0 aromatic carbocycles. The van der Waals surface area contributed by atoms with E-state index in [0.29, 0.717) is 59.8 Å². The minimum atomic E-state index is -0.278. The van der Waals surface area contributed by atoms with E-state index in [-0.39, 0.29) is 17.5 Å². The van der Waals surface area contributed by atoms with E-state index in [1.165, 1.54) is 11.3 Å². The van der Waals surface area contributed by atoms with Crippen LogP contribution in [0.15, 0.2) is 17.3 Å². The number of likely N-dealkylation sites (tertiary alicyclic amines) is 1. The van der Waals surface area contributed by atoms with Gasteiger partial charge in [-0.05, 0) is 70.5 Å². The van der Waals surface area contributed by atoms with E-state index in [0.717, 1.165) is 67.6 Å². The number of anilines is 1. The summed E-state index contributed by atoms with van der Waals surface area (Å²) in [5, 5.41) is 10.3. The Hall–Kier alpha value is -3.00. The van der Waals surface area contributed by atoms with Crippen molar-refractivity contribution in [2.24, 2.45) is 5.73 Å². The van der Waals surface area contributed by atoms with E-state index in [9.17, 15) is 10.1 Å². The Bertz CT molecular complexity index is 1250. The number of allylic oxidation sites excluding steroid dienone is 2. The monoisotopic (exact) mass is 552 g/mol. The maximum absolute atomic E-state index is 14.0. The molecule has 0 saturated carbocycles. The average molecular weight is 553 g/mol. The number of methoxy groups -OCH3 is 1. The zero-order valence-electron chi connectivity index (χ0n) is 23.3. The summed E-state index contributed by atoms with van der Waals surface area (Å²) in [4.78, 5) is 26.6. The molecule has 2 aromatic rings. The summed E-state index contributed by atoms with van der Waals surface area (Å²) in [6.45, 7) is 4.18. The highest BCUT2D eigenvalue weighted by Crippen LogP contribution is 2.45. The minimum absolute atomic E-state index is 0.104. The summed E-state index contributed by atoms with van der Waals surface area (Å²) in [7, 11) is 3.77. The number of carbonyl (C=O) groups is 1. The second-order valence-electron chi connectivity index (χ2n) is 10.5. The smallest absolute Gasteiger partial charge is 0.228 e. The van der Waals surface area contributed by atoms with Crippen LogP contribution in [0.2, 0.25) is 0 Å². The quantitative estimate of drug-likeness (QED) is 0.223. The van der Waals surface area contributed by atoms with Gasteiger partial charge in [-0.3, -0.25) is 4.79 Å². The van der Waals surface area contributed by atoms with Crippen LogP contribution in [0.3, 0.4) is 0 Å². The highest BCUT2D eigenvalue weighted by Gasteiger charge is 2.32. The maximum atomic E-state index is 14.0. The molecule has 1 aliphatic carbocycles. The number of nitrogen functional groups attached to an aromatic ring is 1. The van der Waals surface area contributed by atoms with E-state index < -0.39 is 0 Å². The molecule has 4 N–H and O–H groups in total. The molecule has 1 saturated heterocycles. The number of fused-ring (bicyclic) bond motifs is 1. The van der Waals surface area contributed by atoms with Crippen molar-refractivity contribution in [3.05, 3.63) is 44.9 Å². The highest BCUT2D eigenvalue weighted by molar-refractivity contribution is 7.16. The lowest BCUT2D eigenvalue weighted by Gasteiger charge is -2.25. The first-order valence-electron chi connectivity index (χ1n) is 13.9. The number of hydrogen-bond acceptors (Lipinski definition) is 10. The summed E-state index contributed by atoms with van der Waals surface area (Å²) >= 11 is 1.46. The summed E-state index contributed by atoms with van der Waals surface area (Å²) in [5.41, 5.74) is 16.1. The lowest BCUT2D eigenvalue weighted by Crippen LogP contribution is -2.31. The van der Waals surface area contributed by atoms with Crippen molar-refractivity contribution < 1.29 is 14.3 Å². The first kappa shape index (κ1) is 29.0. The number of thiophene rings is 1. The van der Waals surface area contributed by atoms with Crippen LogP contribution in [-0.4, -0.2) is 60.6 Å². The Morgan fingerprint density at radius 1 is 1.31 bits per heavy atom. The molecule has 1 aliphatic heterocycles. The molecule has 0 amide bonds. The molecule has 2 aliphatic rings. The largest absolute Gasteiger partial charge is 0.476 e. The Labute approximate surface area is 235 Å². The number of ether oxygens (including phenoxy) is 2. The Morgan fingerprint density at radius 2 is 2.13 bits per heavy atom. The van der Waals surface area contributed by atoms with Gasteiger partial charge in [0.2, 0.25) is 17.5 Å². The van der Waals surface area contributed by atoms with Gasteiger partial charge >= 0.3 is 0 Å². The van der Waals surface area contributed by atoms with Gasteiger partial charge in [0.25, 0.3) is 0 Å². The van der Waals surface area contributed by atoms with Gasteiger partial charge in [0, 0.05) is 53.6 Å². The third kappa shape index (κ3) is 6.60. The Morgan fingerprint density at radius 3 is 2.82 bits per heavy atom. The first-order chi connectivity index (χ1) is 18.9. The van der Waals surface area contributed by atoms with Gasteiger partial charge in [0.1, 0.15) is 17.7 Å². The molecule has 0 radical (unpaired) electrons. The fourth-order valence-corrected chi connectivity index (χ4v) is 6.76. The van der Waals surface area contributed by atoms with Gasteiger partial charge in [-0.25, -0.2) is 4.98 Å². The summed E-state index contributed by atoms with van der Waals surface area (Å²) in [5.74, 6) is 0.0147. The molecule has 1 fully saturated rings. The van der Waals surface area contributed by atoms with Crippen molar-refractivity contribution in [3.63, 3.8) is 0 Å². The maximum Gasteiger partial charge on any atom is 0.228 e. The molecule has 2 aromatic heterocycles. The molecule has 10 heteroatoms. The molecule has 4 rings (SSSR count). The van der Waals surface area contributed by atoms with E-state index in [1.807, 2.05) is 13.0 Å². The lowest BCUT2D eigenvalue weighted by atomic mass is 9.80. The van der Waals surface area contributed by atoms with Crippen LogP contribution >= 0.6 is 11.3 Å². The van der Waals surface area contributed by atoms with Gasteiger partial charge in [-0.15, -0.1) is 11.3 Å². The molecule has 0 bridgehead atoms. The zero-order chi connectivity index (χ0) is 27.9. The average Bonchev–Trinajstić information content (AvgIpc) is 3.50. The summed E-state index contributed by atoms with van der Waals surface area (Å²) in [6.07, 6.45) is 7.45. The zero-order valence-corrected chi connectivity index (χ0v) is 24.1. The summed E-state index contributed by atoms with van der Waals surface area (Å²) < 4.78 is 11.3. The number of nitrogens with two attached hydrogens (primary N) is 2. The fourth-order valence-electron chi connectivity index (χ4n) is 5.63. The molecular weight excluding hydrogens is 512 g/mol. The number of nitriles is 1. The molecule has 0 spiro atoms. The Kier molecular flexibility index (Phi) is 9.94. The van der Waals surface area contributed by atoms with Crippen LogP contribution in [-0.2, 0) is 17.6 Å². The van der Waals surface area contributed by atoms with Crippen LogP contribution < -0.4 is 16.2 Å². The van der Waals surface area contributed by atoms with Crippen LogP contribution in [0.25, 0.3) is 0 Å². The molecular formula is C29H40N6O3S. The predicted molar refractivity (Wildman–Crippen MR) is 153 cm³/mol. The lowest BCUT2D eigenvalue weighted by molar-refractivity contribution is 0.101. The fraction of sp³-hybridized carbons (Fsp3) is 0.586. The van der Waals surface area contributed by atoms with E-state index >= 15 is 0 Å². The van der Waals surface area contributed by atoms with Crippen LogP contribution in [0.1, 0.15) is 90.1 Å². The number of carbonyl (C=O) groups excluding carboxylic acids is 1. The van der Waals surface area contributed by atoms with Crippen LogP contribution in [0.5, 0.6) is 5.88 Å². The second kappa shape index (κ2) is 13.4. The number of aromatic nitrogens is 2. The Balaban J connectivity index is 1.68. The van der Waals surface area contributed by atoms with Crippen molar-refractivity contribution in [2.75, 3.05) is 39.6 Å². The molecule has 210 valence electrons. The third-order valence-electron chi connectivity index (χ3n) is 7.74.